The predicted octanol–water partition coefficient (Wildman–Crippen LogP) is 0.738. The van der Waals surface area contributed by atoms with Crippen LogP contribution in [0.3, 0.4) is 0 Å². The van der Waals surface area contributed by atoms with E-state index >= 15 is 0 Å². The molecular formula is C16H24ClN5O4. The van der Waals surface area contributed by atoms with Crippen molar-refractivity contribution in [2.24, 2.45) is 11.7 Å². The Labute approximate surface area is 157 Å². The Kier molecular flexibility index (Phi) is 5.92. The molecule has 1 aromatic rings. The summed E-state index contributed by atoms with van der Waals surface area (Å²) in [6.45, 7) is 5.39. The fourth-order valence-electron chi connectivity index (χ4n) is 3.46. The molecule has 1 spiro atoms. The number of aromatic nitrogens is 1. The number of urea groups is 1. The Hall–Kier alpha value is -2.13. The maximum Gasteiger partial charge on any atom is 0.325 e. The highest BCUT2D eigenvalue weighted by Crippen LogP contribution is 2.34. The number of piperidine rings is 1. The third kappa shape index (κ3) is 3.41. The van der Waals surface area contributed by atoms with Gasteiger partial charge in [-0.1, -0.05) is 13.8 Å². The molecule has 0 aromatic carbocycles. The number of oxazole rings is 1. The van der Waals surface area contributed by atoms with Crippen LogP contribution in [0.15, 0.2) is 10.7 Å². The van der Waals surface area contributed by atoms with E-state index in [4.69, 9.17) is 10.2 Å². The van der Waals surface area contributed by atoms with Crippen LogP contribution < -0.4 is 11.1 Å². The summed E-state index contributed by atoms with van der Waals surface area (Å²) in [5.74, 6) is 0.0363. The van der Waals surface area contributed by atoms with Crippen LogP contribution in [0.5, 0.6) is 0 Å². The monoisotopic (exact) mass is 385 g/mol. The van der Waals surface area contributed by atoms with E-state index in [9.17, 15) is 14.4 Å². The summed E-state index contributed by atoms with van der Waals surface area (Å²) in [5.41, 5.74) is 4.79. The molecule has 26 heavy (non-hydrogen) atoms. The van der Waals surface area contributed by atoms with E-state index in [1.807, 2.05) is 13.8 Å². The molecule has 144 valence electrons. The van der Waals surface area contributed by atoms with Crippen molar-refractivity contribution >= 4 is 30.3 Å². The maximum atomic E-state index is 12.5. The number of nitrogens with one attached hydrogen (secondary N) is 1. The maximum absolute atomic E-state index is 12.5. The first-order valence-electron chi connectivity index (χ1n) is 8.44. The molecular weight excluding hydrogens is 362 g/mol. The van der Waals surface area contributed by atoms with Crippen molar-refractivity contribution in [1.82, 2.24) is 20.1 Å². The quantitative estimate of drug-likeness (QED) is 0.737. The molecule has 4 amide bonds. The Bertz CT molecular complexity index is 697. The highest BCUT2D eigenvalue weighted by Gasteiger charge is 2.54. The Balaban J connectivity index is 0.00000243. The van der Waals surface area contributed by atoms with E-state index in [0.29, 0.717) is 38.4 Å². The van der Waals surface area contributed by atoms with E-state index in [-0.39, 0.29) is 48.4 Å². The van der Waals surface area contributed by atoms with Gasteiger partial charge in [0.05, 0.1) is 6.54 Å². The number of halogens is 1. The SMILES string of the molecule is CC(C)CN1C(=O)NC(=O)C12CCN(C(=O)c1coc(CN)n1)CC2.Cl. The van der Waals surface area contributed by atoms with E-state index < -0.39 is 5.54 Å². The molecule has 1 aromatic heterocycles. The number of hydrogen-bond donors (Lipinski definition) is 2. The summed E-state index contributed by atoms with van der Waals surface area (Å²) in [7, 11) is 0. The molecule has 10 heteroatoms. The zero-order chi connectivity index (χ0) is 18.2. The van der Waals surface area contributed by atoms with E-state index in [1.54, 1.807) is 9.80 Å². The summed E-state index contributed by atoms with van der Waals surface area (Å²) in [6.07, 6.45) is 2.11. The summed E-state index contributed by atoms with van der Waals surface area (Å²) >= 11 is 0. The first-order chi connectivity index (χ1) is 11.9. The second-order valence-electron chi connectivity index (χ2n) is 6.92. The van der Waals surface area contributed by atoms with Gasteiger partial charge in [0.15, 0.2) is 5.69 Å². The number of hydrogen-bond acceptors (Lipinski definition) is 6. The number of nitrogens with two attached hydrogens (primary N) is 1. The summed E-state index contributed by atoms with van der Waals surface area (Å²) < 4.78 is 5.11. The molecule has 3 rings (SSSR count). The molecule has 0 atom stereocenters. The van der Waals surface area contributed by atoms with Gasteiger partial charge in [0.25, 0.3) is 11.8 Å². The number of rotatable bonds is 4. The number of likely N-dealkylation sites (tertiary alicyclic amines) is 1. The molecule has 2 aliphatic rings. The third-order valence-corrected chi connectivity index (χ3v) is 4.78. The van der Waals surface area contributed by atoms with Crippen molar-refractivity contribution in [3.05, 3.63) is 17.8 Å². The number of imide groups is 1. The number of amides is 4. The van der Waals surface area contributed by atoms with Crippen molar-refractivity contribution < 1.29 is 18.8 Å². The molecule has 2 aliphatic heterocycles. The molecule has 0 radical (unpaired) electrons. The minimum Gasteiger partial charge on any atom is -0.447 e. The average Bonchev–Trinajstić information content (AvgIpc) is 3.15. The lowest BCUT2D eigenvalue weighted by molar-refractivity contribution is -0.129. The van der Waals surface area contributed by atoms with Gasteiger partial charge in [-0.15, -0.1) is 12.4 Å². The second kappa shape index (κ2) is 7.63. The van der Waals surface area contributed by atoms with Gasteiger partial charge in [-0.2, -0.15) is 0 Å². The fraction of sp³-hybridized carbons (Fsp3) is 0.625. The van der Waals surface area contributed by atoms with Crippen molar-refractivity contribution in [2.75, 3.05) is 19.6 Å². The van der Waals surface area contributed by atoms with Gasteiger partial charge in [0, 0.05) is 19.6 Å². The zero-order valence-electron chi connectivity index (χ0n) is 14.9. The summed E-state index contributed by atoms with van der Waals surface area (Å²) in [4.78, 5) is 44.4. The largest absolute Gasteiger partial charge is 0.447 e. The predicted molar refractivity (Wildman–Crippen MR) is 94.6 cm³/mol. The van der Waals surface area contributed by atoms with Gasteiger partial charge in [-0.3, -0.25) is 14.9 Å². The van der Waals surface area contributed by atoms with Crippen LogP contribution in [0.25, 0.3) is 0 Å². The zero-order valence-corrected chi connectivity index (χ0v) is 15.7. The molecule has 2 fully saturated rings. The van der Waals surface area contributed by atoms with Gasteiger partial charge in [0.2, 0.25) is 5.89 Å². The minimum atomic E-state index is -0.857. The topological polar surface area (TPSA) is 122 Å². The van der Waals surface area contributed by atoms with Crippen LogP contribution in [0.1, 0.15) is 43.1 Å². The summed E-state index contributed by atoms with van der Waals surface area (Å²) in [6, 6.07) is -0.345. The normalized spacial score (nSPS) is 19.1. The van der Waals surface area contributed by atoms with Gasteiger partial charge in [0.1, 0.15) is 11.8 Å². The Morgan fingerprint density at radius 2 is 2.04 bits per heavy atom. The molecule has 2 saturated heterocycles. The van der Waals surface area contributed by atoms with Gasteiger partial charge < -0.3 is 20.0 Å². The first-order valence-corrected chi connectivity index (χ1v) is 8.44. The number of carbonyl (C=O) groups excluding carboxylic acids is 3. The lowest BCUT2D eigenvalue weighted by atomic mass is 9.85. The van der Waals surface area contributed by atoms with Crippen LogP contribution in [-0.2, 0) is 11.3 Å². The minimum absolute atomic E-state index is 0. The van der Waals surface area contributed by atoms with Crippen LogP contribution in [-0.4, -0.2) is 57.8 Å². The molecule has 0 saturated carbocycles. The number of carbonyl (C=O) groups is 3. The van der Waals surface area contributed by atoms with Crippen molar-refractivity contribution in [3.63, 3.8) is 0 Å². The molecule has 0 bridgehead atoms. The van der Waals surface area contributed by atoms with Crippen LogP contribution in [0, 0.1) is 5.92 Å². The molecule has 0 unspecified atom stereocenters. The van der Waals surface area contributed by atoms with Crippen molar-refractivity contribution in [3.8, 4) is 0 Å². The molecule has 0 aliphatic carbocycles. The van der Waals surface area contributed by atoms with Crippen LogP contribution in [0.4, 0.5) is 4.79 Å². The average molecular weight is 386 g/mol. The van der Waals surface area contributed by atoms with Gasteiger partial charge >= 0.3 is 6.03 Å². The number of nitrogens with zero attached hydrogens (tertiary/aromatic N) is 3. The molecule has 3 N–H and O–H groups in total. The van der Waals surface area contributed by atoms with Crippen molar-refractivity contribution in [2.45, 2.75) is 38.8 Å². The van der Waals surface area contributed by atoms with Crippen LogP contribution in [0.2, 0.25) is 0 Å². The van der Waals surface area contributed by atoms with Crippen LogP contribution >= 0.6 is 12.4 Å². The standard InChI is InChI=1S/C16H23N5O4.ClH/c1-10(2)8-21-15(24)19-14(23)16(21)3-5-20(6-4-16)13(22)11-9-25-12(7-17)18-11;/h9-10H,3-8,17H2,1-2H3,(H,19,23,24);1H. The molecule has 3 heterocycles. The molecule has 9 nitrogen and oxygen atoms in total. The smallest absolute Gasteiger partial charge is 0.325 e. The third-order valence-electron chi connectivity index (χ3n) is 4.78. The Morgan fingerprint density at radius 3 is 2.58 bits per heavy atom. The lowest BCUT2D eigenvalue weighted by Gasteiger charge is -2.42. The van der Waals surface area contributed by atoms with E-state index in [0.717, 1.165) is 0 Å². The first kappa shape index (κ1) is 20.2. The lowest BCUT2D eigenvalue weighted by Crippen LogP contribution is -2.58. The van der Waals surface area contributed by atoms with E-state index in [1.165, 1.54) is 6.26 Å². The summed E-state index contributed by atoms with van der Waals surface area (Å²) in [5, 5.41) is 2.42. The highest BCUT2D eigenvalue weighted by atomic mass is 35.5. The van der Waals surface area contributed by atoms with Crippen molar-refractivity contribution in [1.29, 1.82) is 0 Å². The second-order valence-corrected chi connectivity index (χ2v) is 6.92. The van der Waals surface area contributed by atoms with Gasteiger partial charge in [-0.25, -0.2) is 9.78 Å². The van der Waals surface area contributed by atoms with E-state index in [2.05, 4.69) is 10.3 Å². The highest BCUT2D eigenvalue weighted by molar-refractivity contribution is 6.07. The fourth-order valence-corrected chi connectivity index (χ4v) is 3.46. The van der Waals surface area contributed by atoms with Gasteiger partial charge in [-0.05, 0) is 18.8 Å². The Morgan fingerprint density at radius 1 is 1.38 bits per heavy atom.